The highest BCUT2D eigenvalue weighted by Gasteiger charge is 2.17. The SMILES string of the molecule is CCCc1cc(=O)[nH]c(S[C@H](C)C(=O)Nc2ccc(OC)c(Cl)c2)n1. The molecule has 1 heterocycles. The van der Waals surface area contributed by atoms with Crippen LogP contribution in [0.15, 0.2) is 34.2 Å². The van der Waals surface area contributed by atoms with Crippen molar-refractivity contribution in [1.29, 1.82) is 0 Å². The van der Waals surface area contributed by atoms with Crippen molar-refractivity contribution < 1.29 is 9.53 Å². The lowest BCUT2D eigenvalue weighted by atomic mass is 10.2. The smallest absolute Gasteiger partial charge is 0.251 e. The van der Waals surface area contributed by atoms with Gasteiger partial charge >= 0.3 is 0 Å². The first kappa shape index (κ1) is 19.3. The number of benzene rings is 1. The number of thioether (sulfide) groups is 1. The van der Waals surface area contributed by atoms with E-state index in [1.54, 1.807) is 25.1 Å². The second kappa shape index (κ2) is 8.92. The number of hydrogen-bond donors (Lipinski definition) is 2. The summed E-state index contributed by atoms with van der Waals surface area (Å²) in [7, 11) is 1.53. The van der Waals surface area contributed by atoms with Crippen LogP contribution < -0.4 is 15.6 Å². The van der Waals surface area contributed by atoms with Gasteiger partial charge in [-0.05, 0) is 31.5 Å². The number of hydrogen-bond acceptors (Lipinski definition) is 5. The molecular weight excluding hydrogens is 362 g/mol. The van der Waals surface area contributed by atoms with E-state index in [4.69, 9.17) is 16.3 Å². The maximum absolute atomic E-state index is 12.4. The molecular formula is C17H20ClN3O3S. The lowest BCUT2D eigenvalue weighted by Gasteiger charge is -2.12. The number of nitrogens with zero attached hydrogens (tertiary/aromatic N) is 1. The van der Waals surface area contributed by atoms with E-state index in [1.807, 2.05) is 6.92 Å². The van der Waals surface area contributed by atoms with Crippen LogP contribution in [-0.4, -0.2) is 28.2 Å². The average molecular weight is 382 g/mol. The Bertz CT molecular complexity index is 810. The standard InChI is InChI=1S/C17H20ClN3O3S/c1-4-5-11-9-15(22)21-17(20-11)25-10(2)16(23)19-12-6-7-14(24-3)13(18)8-12/h6-10H,4-5H2,1-3H3,(H,19,23)(H,20,21,22)/t10-/m1/s1. The molecule has 0 unspecified atom stereocenters. The quantitative estimate of drug-likeness (QED) is 0.566. The summed E-state index contributed by atoms with van der Waals surface area (Å²) in [5.74, 6) is 0.325. The van der Waals surface area contributed by atoms with Crippen LogP contribution in [0.4, 0.5) is 5.69 Å². The normalized spacial score (nSPS) is 11.8. The summed E-state index contributed by atoms with van der Waals surface area (Å²) in [6.45, 7) is 3.77. The molecule has 1 aromatic heterocycles. The molecule has 0 spiro atoms. The van der Waals surface area contributed by atoms with Crippen LogP contribution in [0.25, 0.3) is 0 Å². The molecule has 134 valence electrons. The van der Waals surface area contributed by atoms with Gasteiger partial charge in [-0.3, -0.25) is 9.59 Å². The van der Waals surface area contributed by atoms with Crippen molar-refractivity contribution in [3.8, 4) is 5.75 Å². The number of anilines is 1. The van der Waals surface area contributed by atoms with Gasteiger partial charge in [-0.25, -0.2) is 4.98 Å². The molecule has 1 aromatic carbocycles. The van der Waals surface area contributed by atoms with E-state index < -0.39 is 5.25 Å². The van der Waals surface area contributed by atoms with Crippen molar-refractivity contribution in [3.63, 3.8) is 0 Å². The number of carbonyl (C=O) groups excluding carboxylic acids is 1. The summed E-state index contributed by atoms with van der Waals surface area (Å²) in [6, 6.07) is 6.50. The maximum atomic E-state index is 12.4. The van der Waals surface area contributed by atoms with Crippen molar-refractivity contribution >= 4 is 35.0 Å². The molecule has 0 fully saturated rings. The predicted molar refractivity (Wildman–Crippen MR) is 101 cm³/mol. The lowest BCUT2D eigenvalue weighted by Crippen LogP contribution is -2.23. The van der Waals surface area contributed by atoms with E-state index in [1.165, 1.54) is 24.9 Å². The van der Waals surface area contributed by atoms with Gasteiger partial charge in [0, 0.05) is 17.4 Å². The molecule has 0 radical (unpaired) electrons. The van der Waals surface area contributed by atoms with Crippen LogP contribution in [0.2, 0.25) is 5.02 Å². The first-order valence-corrected chi connectivity index (χ1v) is 9.10. The van der Waals surface area contributed by atoms with Gasteiger partial charge in [0.15, 0.2) is 5.16 Å². The second-order valence-corrected chi connectivity index (χ2v) is 7.13. The third-order valence-corrected chi connectivity index (χ3v) is 4.64. The number of aromatic amines is 1. The van der Waals surface area contributed by atoms with Gasteiger partial charge in [-0.2, -0.15) is 0 Å². The number of aryl methyl sites for hydroxylation is 1. The third-order valence-electron chi connectivity index (χ3n) is 3.36. The van der Waals surface area contributed by atoms with Crippen molar-refractivity contribution in [2.75, 3.05) is 12.4 Å². The van der Waals surface area contributed by atoms with Gasteiger partial charge in [0.25, 0.3) is 5.56 Å². The Morgan fingerprint density at radius 3 is 2.84 bits per heavy atom. The number of methoxy groups -OCH3 is 1. The van der Waals surface area contributed by atoms with Crippen molar-refractivity contribution in [2.45, 2.75) is 37.1 Å². The molecule has 0 bridgehead atoms. The summed E-state index contributed by atoms with van der Waals surface area (Å²) < 4.78 is 5.08. The highest BCUT2D eigenvalue weighted by molar-refractivity contribution is 8.00. The Hall–Kier alpha value is -1.99. The van der Waals surface area contributed by atoms with E-state index in [-0.39, 0.29) is 11.5 Å². The fourth-order valence-corrected chi connectivity index (χ4v) is 3.22. The highest BCUT2D eigenvalue weighted by atomic mass is 35.5. The van der Waals surface area contributed by atoms with Crippen molar-refractivity contribution in [2.24, 2.45) is 0 Å². The zero-order chi connectivity index (χ0) is 18.4. The summed E-state index contributed by atoms with van der Waals surface area (Å²) in [5, 5.41) is 3.20. The molecule has 1 atom stereocenters. The average Bonchev–Trinajstić information content (AvgIpc) is 2.54. The maximum Gasteiger partial charge on any atom is 0.251 e. The van der Waals surface area contributed by atoms with Gasteiger partial charge in [0.1, 0.15) is 5.75 Å². The lowest BCUT2D eigenvalue weighted by molar-refractivity contribution is -0.115. The van der Waals surface area contributed by atoms with Gasteiger partial charge in [-0.1, -0.05) is 36.7 Å². The van der Waals surface area contributed by atoms with E-state index in [2.05, 4.69) is 15.3 Å². The molecule has 2 N–H and O–H groups in total. The Kier molecular flexibility index (Phi) is 6.90. The number of nitrogens with one attached hydrogen (secondary N) is 2. The van der Waals surface area contributed by atoms with E-state index >= 15 is 0 Å². The van der Waals surface area contributed by atoms with E-state index in [0.29, 0.717) is 21.6 Å². The van der Waals surface area contributed by atoms with Crippen LogP contribution >= 0.6 is 23.4 Å². The number of aromatic nitrogens is 2. The minimum absolute atomic E-state index is 0.213. The van der Waals surface area contributed by atoms with E-state index in [9.17, 15) is 9.59 Å². The van der Waals surface area contributed by atoms with Gasteiger partial charge in [0.2, 0.25) is 5.91 Å². The molecule has 2 aromatic rings. The van der Waals surface area contributed by atoms with Crippen molar-refractivity contribution in [1.82, 2.24) is 9.97 Å². The van der Waals surface area contributed by atoms with Crippen LogP contribution in [0, 0.1) is 0 Å². The molecule has 8 heteroatoms. The second-order valence-electron chi connectivity index (χ2n) is 5.39. The Morgan fingerprint density at radius 2 is 2.20 bits per heavy atom. The third kappa shape index (κ3) is 5.51. The summed E-state index contributed by atoms with van der Waals surface area (Å²) in [5.41, 5.74) is 1.09. The van der Waals surface area contributed by atoms with Crippen LogP contribution in [0.1, 0.15) is 26.0 Å². The molecule has 25 heavy (non-hydrogen) atoms. The Labute approximate surface area is 155 Å². The Morgan fingerprint density at radius 1 is 1.44 bits per heavy atom. The molecule has 0 aliphatic carbocycles. The monoisotopic (exact) mass is 381 g/mol. The fraction of sp³-hybridized carbons (Fsp3) is 0.353. The first-order valence-electron chi connectivity index (χ1n) is 7.84. The minimum atomic E-state index is -0.444. The van der Waals surface area contributed by atoms with Crippen LogP contribution in [0.5, 0.6) is 5.75 Å². The van der Waals surface area contributed by atoms with Crippen LogP contribution in [-0.2, 0) is 11.2 Å². The van der Waals surface area contributed by atoms with Crippen molar-refractivity contribution in [3.05, 3.63) is 45.3 Å². The largest absolute Gasteiger partial charge is 0.495 e. The number of carbonyl (C=O) groups is 1. The topological polar surface area (TPSA) is 84.1 Å². The number of ether oxygens (including phenoxy) is 1. The highest BCUT2D eigenvalue weighted by Crippen LogP contribution is 2.28. The molecule has 0 aliphatic rings. The first-order chi connectivity index (χ1) is 11.9. The fourth-order valence-electron chi connectivity index (χ4n) is 2.13. The zero-order valence-corrected chi connectivity index (χ0v) is 15.8. The van der Waals surface area contributed by atoms with Crippen LogP contribution in [0.3, 0.4) is 0 Å². The summed E-state index contributed by atoms with van der Waals surface area (Å²) in [6.07, 6.45) is 1.62. The zero-order valence-electron chi connectivity index (χ0n) is 14.3. The number of halogens is 1. The van der Waals surface area contributed by atoms with E-state index in [0.717, 1.165) is 18.5 Å². The molecule has 2 rings (SSSR count). The summed E-state index contributed by atoms with van der Waals surface area (Å²) in [4.78, 5) is 31.1. The molecule has 0 saturated heterocycles. The van der Waals surface area contributed by atoms with Gasteiger partial charge < -0.3 is 15.0 Å². The Balaban J connectivity index is 2.05. The minimum Gasteiger partial charge on any atom is -0.495 e. The predicted octanol–water partition coefficient (Wildman–Crippen LogP) is 3.50. The summed E-state index contributed by atoms with van der Waals surface area (Å²) >= 11 is 7.26. The number of rotatable bonds is 7. The molecule has 6 nitrogen and oxygen atoms in total. The van der Waals surface area contributed by atoms with Gasteiger partial charge in [-0.15, -0.1) is 0 Å². The molecule has 1 amide bonds. The number of H-pyrrole nitrogens is 1. The number of amides is 1. The van der Waals surface area contributed by atoms with Gasteiger partial charge in [0.05, 0.1) is 17.4 Å². The molecule has 0 saturated carbocycles. The molecule has 0 aliphatic heterocycles.